The Morgan fingerprint density at radius 1 is 0.667 bits per heavy atom. The molecule has 0 aliphatic heterocycles. The predicted octanol–water partition coefficient (Wildman–Crippen LogP) is 6.46. The summed E-state index contributed by atoms with van der Waals surface area (Å²) in [5.41, 5.74) is 2.33. The summed E-state index contributed by atoms with van der Waals surface area (Å²) in [7, 11) is -7.80. The Morgan fingerprint density at radius 2 is 1.23 bits per heavy atom. The second-order valence-electron chi connectivity index (χ2n) is 8.61. The van der Waals surface area contributed by atoms with Crippen LogP contribution in [0.15, 0.2) is 94.7 Å². The third-order valence-electron chi connectivity index (χ3n) is 5.73. The summed E-state index contributed by atoms with van der Waals surface area (Å²) in [6.07, 6.45) is 0. The fourth-order valence-electron chi connectivity index (χ4n) is 3.53. The molecule has 3 N–H and O–H groups in total. The lowest BCUT2D eigenvalue weighted by molar-refractivity contribution is 0.102. The van der Waals surface area contributed by atoms with Crippen LogP contribution < -0.4 is 14.8 Å². The third-order valence-corrected chi connectivity index (χ3v) is 9.25. The van der Waals surface area contributed by atoms with Gasteiger partial charge in [-0.1, -0.05) is 47.0 Å². The van der Waals surface area contributed by atoms with E-state index in [0.29, 0.717) is 22.0 Å². The molecular weight excluding hydrogens is 581 g/mol. The normalized spacial score (nSPS) is 11.6. The number of rotatable bonds is 8. The molecule has 0 unspecified atom stereocenters. The summed E-state index contributed by atoms with van der Waals surface area (Å²) in [4.78, 5) is 13.0. The molecule has 0 fully saturated rings. The van der Waals surface area contributed by atoms with E-state index in [-0.39, 0.29) is 26.1 Å². The second kappa shape index (κ2) is 11.3. The molecule has 4 rings (SSSR count). The van der Waals surface area contributed by atoms with Crippen molar-refractivity contribution < 1.29 is 21.6 Å². The molecule has 0 bridgehead atoms. The highest BCUT2D eigenvalue weighted by atomic mass is 35.5. The molecule has 202 valence electrons. The molecule has 8 nitrogen and oxygen atoms in total. The molecular formula is C27H23Cl2N3O5S2. The molecule has 0 aliphatic rings. The van der Waals surface area contributed by atoms with Crippen molar-refractivity contribution in [3.05, 3.63) is 112 Å². The lowest BCUT2D eigenvalue weighted by Gasteiger charge is -2.13. The van der Waals surface area contributed by atoms with Gasteiger partial charge in [0.1, 0.15) is 0 Å². The van der Waals surface area contributed by atoms with Gasteiger partial charge in [0.15, 0.2) is 0 Å². The third kappa shape index (κ3) is 6.72. The molecule has 0 aromatic heterocycles. The fourth-order valence-corrected chi connectivity index (χ4v) is 6.08. The zero-order valence-electron chi connectivity index (χ0n) is 20.7. The maximum Gasteiger partial charge on any atom is 0.261 e. The van der Waals surface area contributed by atoms with Gasteiger partial charge in [-0.3, -0.25) is 14.2 Å². The van der Waals surface area contributed by atoms with E-state index in [4.69, 9.17) is 23.2 Å². The number of carbonyl (C=O) groups is 1. The van der Waals surface area contributed by atoms with Gasteiger partial charge in [-0.25, -0.2) is 16.8 Å². The van der Waals surface area contributed by atoms with Crippen LogP contribution in [0.3, 0.4) is 0 Å². The van der Waals surface area contributed by atoms with Crippen LogP contribution >= 0.6 is 23.2 Å². The summed E-state index contributed by atoms with van der Waals surface area (Å²) < 4.78 is 56.0. The average Bonchev–Trinajstić information content (AvgIpc) is 2.88. The van der Waals surface area contributed by atoms with Crippen LogP contribution in [-0.4, -0.2) is 22.7 Å². The first-order chi connectivity index (χ1) is 18.4. The summed E-state index contributed by atoms with van der Waals surface area (Å²) in [6, 6.07) is 20.9. The van der Waals surface area contributed by atoms with Gasteiger partial charge in [-0.05, 0) is 86.1 Å². The topological polar surface area (TPSA) is 121 Å². The zero-order valence-corrected chi connectivity index (χ0v) is 23.8. The van der Waals surface area contributed by atoms with Crippen molar-refractivity contribution >= 4 is 66.2 Å². The van der Waals surface area contributed by atoms with Crippen molar-refractivity contribution in [3.63, 3.8) is 0 Å². The van der Waals surface area contributed by atoms with Crippen molar-refractivity contribution in [2.45, 2.75) is 23.6 Å². The first kappa shape index (κ1) is 28.4. The highest BCUT2D eigenvalue weighted by Crippen LogP contribution is 2.27. The standard InChI is InChI=1S/C27H23Cl2N3O5S2/c1-17-6-11-21(12-7-17)38(34,35)31-20-10-15-25(29)23(16-20)27(33)30-19-8-13-22(14-9-19)39(36,37)32-26-5-3-4-24(28)18(26)2/h3-16,31-32H,1-2H3,(H,30,33). The molecule has 4 aromatic rings. The molecule has 0 spiro atoms. The summed E-state index contributed by atoms with van der Waals surface area (Å²) >= 11 is 12.3. The van der Waals surface area contributed by atoms with Gasteiger partial charge in [-0.15, -0.1) is 0 Å². The number of amides is 1. The summed E-state index contributed by atoms with van der Waals surface area (Å²) in [5.74, 6) is -0.611. The Hall–Kier alpha value is -3.57. The maximum absolute atomic E-state index is 12.9. The van der Waals surface area contributed by atoms with E-state index < -0.39 is 26.0 Å². The van der Waals surface area contributed by atoms with Crippen molar-refractivity contribution in [2.75, 3.05) is 14.8 Å². The molecule has 12 heteroatoms. The van der Waals surface area contributed by atoms with E-state index in [9.17, 15) is 21.6 Å². The number of anilines is 3. The van der Waals surface area contributed by atoms with Crippen LogP contribution in [0.4, 0.5) is 17.1 Å². The Morgan fingerprint density at radius 3 is 1.87 bits per heavy atom. The number of aryl methyl sites for hydroxylation is 1. The van der Waals surface area contributed by atoms with Gasteiger partial charge in [0, 0.05) is 16.4 Å². The first-order valence-electron chi connectivity index (χ1n) is 11.4. The summed E-state index contributed by atoms with van der Waals surface area (Å²) in [5, 5.41) is 3.17. The van der Waals surface area contributed by atoms with Crippen molar-refractivity contribution in [1.29, 1.82) is 0 Å². The van der Waals surface area contributed by atoms with Gasteiger partial charge in [0.2, 0.25) is 0 Å². The Bertz CT molecular complexity index is 1760. The number of hydrogen-bond acceptors (Lipinski definition) is 5. The van der Waals surface area contributed by atoms with Crippen LogP contribution in [0.2, 0.25) is 10.0 Å². The van der Waals surface area contributed by atoms with Crippen molar-refractivity contribution in [2.24, 2.45) is 0 Å². The smallest absolute Gasteiger partial charge is 0.261 e. The average molecular weight is 605 g/mol. The quantitative estimate of drug-likeness (QED) is 0.213. The highest BCUT2D eigenvalue weighted by Gasteiger charge is 2.19. The largest absolute Gasteiger partial charge is 0.322 e. The number of sulfonamides is 2. The predicted molar refractivity (Wildman–Crippen MR) is 155 cm³/mol. The Balaban J connectivity index is 1.49. The van der Waals surface area contributed by atoms with Gasteiger partial charge < -0.3 is 5.32 Å². The molecule has 0 saturated carbocycles. The van der Waals surface area contributed by atoms with Gasteiger partial charge >= 0.3 is 0 Å². The Kier molecular flexibility index (Phi) is 8.22. The van der Waals surface area contributed by atoms with E-state index in [2.05, 4.69) is 14.8 Å². The van der Waals surface area contributed by atoms with E-state index in [0.717, 1.165) is 5.56 Å². The lowest BCUT2D eigenvalue weighted by atomic mass is 10.2. The van der Waals surface area contributed by atoms with Gasteiger partial charge in [-0.2, -0.15) is 0 Å². The molecule has 4 aromatic carbocycles. The van der Waals surface area contributed by atoms with E-state index in [1.807, 2.05) is 6.92 Å². The second-order valence-corrected chi connectivity index (χ2v) is 12.8. The molecule has 39 heavy (non-hydrogen) atoms. The highest BCUT2D eigenvalue weighted by molar-refractivity contribution is 7.93. The van der Waals surface area contributed by atoms with Crippen molar-refractivity contribution in [1.82, 2.24) is 0 Å². The Labute approximate surface area is 237 Å². The summed E-state index contributed by atoms with van der Waals surface area (Å²) in [6.45, 7) is 3.55. The zero-order chi connectivity index (χ0) is 28.4. The van der Waals surface area contributed by atoms with Crippen LogP contribution in [0.1, 0.15) is 21.5 Å². The molecule has 0 saturated heterocycles. The van der Waals surface area contributed by atoms with Crippen molar-refractivity contribution in [3.8, 4) is 0 Å². The number of nitrogens with one attached hydrogen (secondary N) is 3. The number of hydrogen-bond donors (Lipinski definition) is 3. The van der Waals surface area contributed by atoms with Gasteiger partial charge in [0.05, 0.1) is 26.1 Å². The van der Waals surface area contributed by atoms with E-state index in [1.54, 1.807) is 37.3 Å². The SMILES string of the molecule is Cc1ccc(S(=O)(=O)Nc2ccc(Cl)c(C(=O)Nc3ccc(S(=O)(=O)Nc4cccc(Cl)c4C)cc3)c2)cc1. The molecule has 0 atom stereocenters. The van der Waals surface area contributed by atoms with Crippen LogP contribution in [-0.2, 0) is 20.0 Å². The number of carbonyl (C=O) groups excluding carboxylic acids is 1. The number of benzene rings is 4. The monoisotopic (exact) mass is 603 g/mol. The van der Waals surface area contributed by atoms with Crippen LogP contribution in [0.5, 0.6) is 0 Å². The number of halogens is 2. The van der Waals surface area contributed by atoms with Gasteiger partial charge in [0.25, 0.3) is 26.0 Å². The van der Waals surface area contributed by atoms with E-state index in [1.165, 1.54) is 54.6 Å². The molecule has 0 heterocycles. The minimum atomic E-state index is -3.91. The first-order valence-corrected chi connectivity index (χ1v) is 15.2. The molecule has 0 radical (unpaired) electrons. The van der Waals surface area contributed by atoms with E-state index >= 15 is 0 Å². The lowest BCUT2D eigenvalue weighted by Crippen LogP contribution is -2.16. The minimum absolute atomic E-state index is 0.0228. The fraction of sp³-hybridized carbons (Fsp3) is 0.0741. The maximum atomic E-state index is 12.9. The minimum Gasteiger partial charge on any atom is -0.322 e. The molecule has 1 amide bonds. The van der Waals surface area contributed by atoms with Crippen LogP contribution in [0.25, 0.3) is 0 Å². The van der Waals surface area contributed by atoms with Crippen LogP contribution in [0, 0.1) is 13.8 Å². The molecule has 0 aliphatic carbocycles.